The minimum absolute atomic E-state index is 0.0199. The topological polar surface area (TPSA) is 59.6 Å². The van der Waals surface area contributed by atoms with Gasteiger partial charge >= 0.3 is 0 Å². The van der Waals surface area contributed by atoms with Crippen molar-refractivity contribution in [2.45, 2.75) is 18.9 Å². The summed E-state index contributed by atoms with van der Waals surface area (Å²) in [6.07, 6.45) is 1.95. The summed E-state index contributed by atoms with van der Waals surface area (Å²) in [6, 6.07) is 7.33. The molecule has 1 aliphatic heterocycles. The van der Waals surface area contributed by atoms with Gasteiger partial charge in [-0.1, -0.05) is 6.07 Å². The average Bonchev–Trinajstić information content (AvgIpc) is 2.93. The molecule has 1 atom stereocenters. The van der Waals surface area contributed by atoms with Gasteiger partial charge in [0, 0.05) is 18.9 Å². The molecule has 1 amide bonds. The van der Waals surface area contributed by atoms with E-state index in [2.05, 4.69) is 10.6 Å². The predicted molar refractivity (Wildman–Crippen MR) is 73.5 cm³/mol. The van der Waals surface area contributed by atoms with Gasteiger partial charge in [0.1, 0.15) is 12.4 Å². The molecule has 0 radical (unpaired) electrons. The second kappa shape index (κ2) is 7.11. The van der Waals surface area contributed by atoms with Gasteiger partial charge in [0.2, 0.25) is 5.91 Å². The first kappa shape index (κ1) is 13.8. The fourth-order valence-corrected chi connectivity index (χ4v) is 2.04. The van der Waals surface area contributed by atoms with E-state index < -0.39 is 0 Å². The van der Waals surface area contributed by atoms with Crippen LogP contribution in [-0.2, 0) is 9.53 Å². The van der Waals surface area contributed by atoms with Gasteiger partial charge in [0.05, 0.1) is 12.6 Å². The highest BCUT2D eigenvalue weighted by molar-refractivity contribution is 5.95. The molecule has 0 bridgehead atoms. The van der Waals surface area contributed by atoms with Crippen LogP contribution in [-0.4, -0.2) is 38.8 Å². The quantitative estimate of drug-likeness (QED) is 0.763. The monoisotopic (exact) mass is 264 g/mol. The van der Waals surface area contributed by atoms with E-state index in [0.29, 0.717) is 13.2 Å². The number of amides is 1. The maximum Gasteiger partial charge on any atom is 0.241 e. The molecule has 104 valence electrons. The molecule has 19 heavy (non-hydrogen) atoms. The maximum atomic E-state index is 12.0. The number of methoxy groups -OCH3 is 1. The Morgan fingerprint density at radius 1 is 1.47 bits per heavy atom. The Morgan fingerprint density at radius 2 is 2.37 bits per heavy atom. The third-order valence-corrected chi connectivity index (χ3v) is 3.03. The molecule has 0 aliphatic carbocycles. The van der Waals surface area contributed by atoms with Crippen LogP contribution in [0.15, 0.2) is 24.3 Å². The van der Waals surface area contributed by atoms with Gasteiger partial charge in [-0.3, -0.25) is 4.79 Å². The summed E-state index contributed by atoms with van der Waals surface area (Å²) in [5, 5.41) is 6.08. The van der Waals surface area contributed by atoms with Crippen LogP contribution in [0.3, 0.4) is 0 Å². The molecule has 2 rings (SSSR count). The highest BCUT2D eigenvalue weighted by atomic mass is 16.5. The van der Waals surface area contributed by atoms with E-state index in [0.717, 1.165) is 30.8 Å². The Morgan fingerprint density at radius 3 is 3.11 bits per heavy atom. The molecule has 1 heterocycles. The number of benzene rings is 1. The first-order valence-electron chi connectivity index (χ1n) is 6.55. The molecule has 5 heteroatoms. The number of ether oxygens (including phenoxy) is 2. The van der Waals surface area contributed by atoms with Crippen molar-refractivity contribution in [1.29, 1.82) is 0 Å². The van der Waals surface area contributed by atoms with E-state index in [1.54, 1.807) is 7.11 Å². The van der Waals surface area contributed by atoms with Gasteiger partial charge in [-0.15, -0.1) is 0 Å². The summed E-state index contributed by atoms with van der Waals surface area (Å²) in [5.41, 5.74) is 0.758. The molecule has 0 saturated carbocycles. The zero-order valence-corrected chi connectivity index (χ0v) is 11.1. The molecule has 1 aliphatic rings. The Balaban J connectivity index is 1.88. The Hall–Kier alpha value is -1.59. The van der Waals surface area contributed by atoms with E-state index >= 15 is 0 Å². The van der Waals surface area contributed by atoms with E-state index in [-0.39, 0.29) is 11.9 Å². The summed E-state index contributed by atoms with van der Waals surface area (Å²) < 4.78 is 10.4. The van der Waals surface area contributed by atoms with Crippen molar-refractivity contribution in [3.8, 4) is 5.75 Å². The SMILES string of the molecule is COCCOc1cccc(NC(=O)[C@@H]2CCCN2)c1. The highest BCUT2D eigenvalue weighted by Gasteiger charge is 2.21. The predicted octanol–water partition coefficient (Wildman–Crippen LogP) is 1.40. The molecule has 5 nitrogen and oxygen atoms in total. The van der Waals surface area contributed by atoms with Crippen molar-refractivity contribution in [2.75, 3.05) is 32.2 Å². The van der Waals surface area contributed by atoms with Crippen LogP contribution in [0.25, 0.3) is 0 Å². The van der Waals surface area contributed by atoms with Crippen LogP contribution in [0, 0.1) is 0 Å². The van der Waals surface area contributed by atoms with E-state index in [4.69, 9.17) is 9.47 Å². The summed E-state index contributed by atoms with van der Waals surface area (Å²) in [4.78, 5) is 12.0. The lowest BCUT2D eigenvalue weighted by molar-refractivity contribution is -0.117. The molecule has 0 aromatic heterocycles. The summed E-state index contributed by atoms with van der Waals surface area (Å²) in [5.74, 6) is 0.751. The average molecular weight is 264 g/mol. The molecule has 1 aromatic carbocycles. The van der Waals surface area contributed by atoms with Gasteiger partial charge in [0.25, 0.3) is 0 Å². The van der Waals surface area contributed by atoms with Gasteiger partial charge in [-0.05, 0) is 31.5 Å². The van der Waals surface area contributed by atoms with Crippen molar-refractivity contribution in [2.24, 2.45) is 0 Å². The fraction of sp³-hybridized carbons (Fsp3) is 0.500. The van der Waals surface area contributed by atoms with Crippen LogP contribution < -0.4 is 15.4 Å². The van der Waals surface area contributed by atoms with Gasteiger partial charge in [-0.2, -0.15) is 0 Å². The minimum Gasteiger partial charge on any atom is -0.491 e. The van der Waals surface area contributed by atoms with Crippen molar-refractivity contribution >= 4 is 11.6 Å². The third-order valence-electron chi connectivity index (χ3n) is 3.03. The van der Waals surface area contributed by atoms with Crippen molar-refractivity contribution in [3.63, 3.8) is 0 Å². The normalized spacial score (nSPS) is 18.3. The number of hydrogen-bond donors (Lipinski definition) is 2. The Kier molecular flexibility index (Phi) is 5.18. The largest absolute Gasteiger partial charge is 0.491 e. The van der Waals surface area contributed by atoms with Crippen LogP contribution in [0.5, 0.6) is 5.75 Å². The summed E-state index contributed by atoms with van der Waals surface area (Å²) in [6.45, 7) is 1.96. The van der Waals surface area contributed by atoms with Crippen molar-refractivity contribution in [3.05, 3.63) is 24.3 Å². The molecule has 0 spiro atoms. The van der Waals surface area contributed by atoms with Gasteiger partial charge < -0.3 is 20.1 Å². The Labute approximate surface area is 113 Å². The van der Waals surface area contributed by atoms with E-state index in [9.17, 15) is 4.79 Å². The molecule has 2 N–H and O–H groups in total. The first-order valence-corrected chi connectivity index (χ1v) is 6.55. The number of nitrogens with one attached hydrogen (secondary N) is 2. The van der Waals surface area contributed by atoms with Gasteiger partial charge in [-0.25, -0.2) is 0 Å². The van der Waals surface area contributed by atoms with Gasteiger partial charge in [0.15, 0.2) is 0 Å². The van der Waals surface area contributed by atoms with Crippen LogP contribution >= 0.6 is 0 Å². The first-order chi connectivity index (χ1) is 9.29. The van der Waals surface area contributed by atoms with Crippen LogP contribution in [0.2, 0.25) is 0 Å². The lowest BCUT2D eigenvalue weighted by Gasteiger charge is -2.12. The molecule has 1 saturated heterocycles. The minimum atomic E-state index is -0.0712. The highest BCUT2D eigenvalue weighted by Crippen LogP contribution is 2.18. The molecule has 0 unspecified atom stereocenters. The van der Waals surface area contributed by atoms with E-state index in [1.807, 2.05) is 24.3 Å². The number of hydrogen-bond acceptors (Lipinski definition) is 4. The van der Waals surface area contributed by atoms with Crippen LogP contribution in [0.1, 0.15) is 12.8 Å². The summed E-state index contributed by atoms with van der Waals surface area (Å²) >= 11 is 0. The lowest BCUT2D eigenvalue weighted by atomic mass is 10.2. The number of anilines is 1. The van der Waals surface area contributed by atoms with Crippen molar-refractivity contribution < 1.29 is 14.3 Å². The van der Waals surface area contributed by atoms with Crippen molar-refractivity contribution in [1.82, 2.24) is 5.32 Å². The molecule has 1 aromatic rings. The zero-order chi connectivity index (χ0) is 13.5. The number of carbonyl (C=O) groups excluding carboxylic acids is 1. The second-order valence-electron chi connectivity index (χ2n) is 4.51. The van der Waals surface area contributed by atoms with Crippen LogP contribution in [0.4, 0.5) is 5.69 Å². The zero-order valence-electron chi connectivity index (χ0n) is 11.1. The van der Waals surface area contributed by atoms with E-state index in [1.165, 1.54) is 0 Å². The second-order valence-corrected chi connectivity index (χ2v) is 4.51. The number of carbonyl (C=O) groups is 1. The lowest BCUT2D eigenvalue weighted by Crippen LogP contribution is -2.35. The standard InChI is InChI=1S/C14H20N2O3/c1-18-8-9-19-12-5-2-4-11(10-12)16-14(17)13-6-3-7-15-13/h2,4-5,10,13,15H,3,6-9H2,1H3,(H,16,17)/t13-/m0/s1. The maximum absolute atomic E-state index is 12.0. The third kappa shape index (κ3) is 4.22. The molecular weight excluding hydrogens is 244 g/mol. The fourth-order valence-electron chi connectivity index (χ4n) is 2.04. The molecule has 1 fully saturated rings. The molecular formula is C14H20N2O3. The Bertz CT molecular complexity index is 417. The smallest absolute Gasteiger partial charge is 0.241 e. The number of rotatable bonds is 6. The summed E-state index contributed by atoms with van der Waals surface area (Å²) in [7, 11) is 1.63.